The Morgan fingerprint density at radius 1 is 1.28 bits per heavy atom. The molecule has 1 N–H and O–H groups in total. The fourth-order valence-electron chi connectivity index (χ4n) is 2.81. The lowest BCUT2D eigenvalue weighted by Gasteiger charge is -2.36. The van der Waals surface area contributed by atoms with E-state index in [0.29, 0.717) is 32.1 Å². The minimum absolute atomic E-state index is 0.245. The molecule has 0 aromatic carbocycles. The van der Waals surface area contributed by atoms with Gasteiger partial charge >= 0.3 is 12.1 Å². The van der Waals surface area contributed by atoms with Crippen LogP contribution in [0.25, 0.3) is 6.08 Å². The van der Waals surface area contributed by atoms with Gasteiger partial charge in [-0.25, -0.2) is 14.6 Å². The summed E-state index contributed by atoms with van der Waals surface area (Å²) >= 11 is 0. The number of aromatic nitrogens is 2. The Morgan fingerprint density at radius 3 is 2.45 bits per heavy atom. The number of carbonyl (C=O) groups is 2. The normalized spacial score (nSPS) is 14.3. The predicted octanol–water partition coefficient (Wildman–Crippen LogP) is 1.93. The number of carboxylic acid groups (broad SMARTS) is 1. The predicted molar refractivity (Wildman–Crippen MR) is 107 cm³/mol. The number of rotatable bonds is 4. The van der Waals surface area contributed by atoms with E-state index < -0.39 is 11.6 Å². The first-order chi connectivity index (χ1) is 13.7. The van der Waals surface area contributed by atoms with Gasteiger partial charge in [0, 0.05) is 32.3 Å². The van der Waals surface area contributed by atoms with Gasteiger partial charge in [-0.15, -0.1) is 5.92 Å². The van der Waals surface area contributed by atoms with E-state index in [0.717, 1.165) is 6.08 Å². The first-order valence-electron chi connectivity index (χ1n) is 9.20. The second-order valence-electron chi connectivity index (χ2n) is 7.40. The molecule has 0 aliphatic carbocycles. The summed E-state index contributed by atoms with van der Waals surface area (Å²) in [6, 6.07) is 2.09. The van der Waals surface area contributed by atoms with Crippen molar-refractivity contribution < 1.29 is 19.4 Å². The highest BCUT2D eigenvalue weighted by Gasteiger charge is 2.28. The summed E-state index contributed by atoms with van der Waals surface area (Å²) in [5.74, 6) is 5.12. The maximum Gasteiger partial charge on any atom is 0.410 e. The van der Waals surface area contributed by atoms with Crippen molar-refractivity contribution in [1.82, 2.24) is 14.5 Å². The van der Waals surface area contributed by atoms with Crippen LogP contribution in [0.4, 0.5) is 10.7 Å². The van der Waals surface area contributed by atoms with Gasteiger partial charge in [0.2, 0.25) is 5.95 Å². The molecule has 0 spiro atoms. The molecule has 0 saturated carbocycles. The number of hydrogen-bond acceptors (Lipinski definition) is 6. The minimum atomic E-state index is -1.12. The number of nitriles is 1. The number of carbonyl (C=O) groups excluding carboxylic acids is 1. The number of ether oxygens (including phenoxy) is 1. The van der Waals surface area contributed by atoms with Crippen molar-refractivity contribution in [3.8, 4) is 17.9 Å². The molecule has 0 bridgehead atoms. The second kappa shape index (κ2) is 9.16. The molecule has 1 aromatic rings. The van der Waals surface area contributed by atoms with Crippen molar-refractivity contribution in [3.63, 3.8) is 0 Å². The third-order valence-electron chi connectivity index (χ3n) is 4.09. The largest absolute Gasteiger partial charge is 0.478 e. The van der Waals surface area contributed by atoms with Crippen LogP contribution in [-0.2, 0) is 16.1 Å². The summed E-state index contributed by atoms with van der Waals surface area (Å²) < 4.78 is 7.08. The number of carboxylic acids is 1. The number of hydrogen-bond donors (Lipinski definition) is 1. The average molecular weight is 399 g/mol. The molecule has 0 radical (unpaired) electrons. The van der Waals surface area contributed by atoms with Gasteiger partial charge in [0.25, 0.3) is 0 Å². The van der Waals surface area contributed by atoms with Crippen LogP contribution in [0.15, 0.2) is 6.08 Å². The van der Waals surface area contributed by atoms with Gasteiger partial charge in [0.05, 0.1) is 6.54 Å². The summed E-state index contributed by atoms with van der Waals surface area (Å²) in [6.45, 7) is 9.33. The Kier molecular flexibility index (Phi) is 6.89. The van der Waals surface area contributed by atoms with Crippen molar-refractivity contribution in [3.05, 3.63) is 17.5 Å². The molecule has 0 unspecified atom stereocenters. The molecular formula is C20H25N5O4. The van der Waals surface area contributed by atoms with Gasteiger partial charge in [0.15, 0.2) is 0 Å². The van der Waals surface area contributed by atoms with E-state index in [9.17, 15) is 14.9 Å². The zero-order valence-corrected chi connectivity index (χ0v) is 17.1. The molecule has 1 aromatic heterocycles. The molecule has 1 amide bonds. The lowest BCUT2D eigenvalue weighted by molar-refractivity contribution is -0.131. The molecule has 1 aliphatic heterocycles. The van der Waals surface area contributed by atoms with Crippen molar-refractivity contribution in [2.24, 2.45) is 0 Å². The van der Waals surface area contributed by atoms with Crippen LogP contribution in [0.5, 0.6) is 0 Å². The van der Waals surface area contributed by atoms with E-state index in [1.54, 1.807) is 16.4 Å². The molecule has 1 aliphatic rings. The molecule has 0 atom stereocenters. The molecule has 1 saturated heterocycles. The second-order valence-corrected chi connectivity index (χ2v) is 7.40. The van der Waals surface area contributed by atoms with Gasteiger partial charge in [-0.1, -0.05) is 5.92 Å². The quantitative estimate of drug-likeness (QED) is 0.608. The number of piperazine rings is 1. The maximum atomic E-state index is 12.3. The Labute approximate surface area is 170 Å². The monoisotopic (exact) mass is 399 g/mol. The topological polar surface area (TPSA) is 112 Å². The molecule has 1 fully saturated rings. The van der Waals surface area contributed by atoms with Crippen LogP contribution < -0.4 is 4.90 Å². The van der Waals surface area contributed by atoms with E-state index in [1.165, 1.54) is 6.08 Å². The molecule has 154 valence electrons. The first-order valence-corrected chi connectivity index (χ1v) is 9.20. The summed E-state index contributed by atoms with van der Waals surface area (Å²) in [5, 5.41) is 18.5. The fraction of sp³-hybridized carbons (Fsp3) is 0.500. The summed E-state index contributed by atoms with van der Waals surface area (Å²) in [6.07, 6.45) is 1.89. The van der Waals surface area contributed by atoms with Gasteiger partial charge in [-0.05, 0) is 33.8 Å². The van der Waals surface area contributed by atoms with Crippen LogP contribution in [-0.4, -0.2) is 63.4 Å². The van der Waals surface area contributed by atoms with Crippen LogP contribution >= 0.6 is 0 Å². The van der Waals surface area contributed by atoms with Crippen molar-refractivity contribution >= 4 is 24.1 Å². The highest BCUT2D eigenvalue weighted by atomic mass is 16.6. The van der Waals surface area contributed by atoms with Gasteiger partial charge in [0.1, 0.15) is 23.1 Å². The Morgan fingerprint density at radius 2 is 1.93 bits per heavy atom. The minimum Gasteiger partial charge on any atom is -0.478 e. The number of amides is 1. The summed E-state index contributed by atoms with van der Waals surface area (Å²) in [5.41, 5.74) is -0.0386. The van der Waals surface area contributed by atoms with E-state index >= 15 is 0 Å². The molecule has 2 heterocycles. The van der Waals surface area contributed by atoms with Crippen LogP contribution in [0.1, 0.15) is 39.1 Å². The molecule has 2 rings (SSSR count). The number of anilines is 1. The first kappa shape index (κ1) is 21.8. The molecule has 29 heavy (non-hydrogen) atoms. The smallest absolute Gasteiger partial charge is 0.410 e. The lowest BCUT2D eigenvalue weighted by Crippen LogP contribution is -2.50. The van der Waals surface area contributed by atoms with Crippen molar-refractivity contribution in [1.29, 1.82) is 5.26 Å². The van der Waals surface area contributed by atoms with Crippen LogP contribution in [0, 0.1) is 23.2 Å². The third kappa shape index (κ3) is 5.76. The Balaban J connectivity index is 2.25. The zero-order valence-electron chi connectivity index (χ0n) is 17.1. The Bertz CT molecular complexity index is 900. The molecule has 9 nitrogen and oxygen atoms in total. The number of nitrogens with zero attached hydrogens (tertiary/aromatic N) is 5. The Hall–Kier alpha value is -3.46. The third-order valence-corrected chi connectivity index (χ3v) is 4.09. The van der Waals surface area contributed by atoms with E-state index in [2.05, 4.69) is 22.9 Å². The average Bonchev–Trinajstić information content (AvgIpc) is 3.00. The number of aliphatic carboxylic acids is 1. The van der Waals surface area contributed by atoms with Crippen molar-refractivity contribution in [2.75, 3.05) is 31.1 Å². The van der Waals surface area contributed by atoms with E-state index in [-0.39, 0.29) is 24.0 Å². The molecule has 9 heteroatoms. The zero-order chi connectivity index (χ0) is 21.6. The highest BCUT2D eigenvalue weighted by Crippen LogP contribution is 2.22. The van der Waals surface area contributed by atoms with Crippen molar-refractivity contribution in [2.45, 2.75) is 39.8 Å². The SMILES string of the molecule is CC#CCn1c(N2CCN(C(=O)OC(C)(C)C)CC2)nc(C=CC(=O)O)c1C#N. The van der Waals surface area contributed by atoms with Crippen LogP contribution in [0.3, 0.4) is 0 Å². The van der Waals surface area contributed by atoms with Gasteiger partial charge in [-0.2, -0.15) is 5.26 Å². The fourth-order valence-corrected chi connectivity index (χ4v) is 2.81. The van der Waals surface area contributed by atoms with E-state index in [4.69, 9.17) is 9.84 Å². The maximum absolute atomic E-state index is 12.3. The standard InChI is InChI=1S/C20H25N5O4/c1-5-6-9-25-16(14-21)15(7-8-17(26)27)22-18(25)23-10-12-24(13-11-23)19(28)29-20(2,3)4/h7-8H,9-13H2,1-4H3,(H,26,27). The lowest BCUT2D eigenvalue weighted by atomic mass is 10.2. The summed E-state index contributed by atoms with van der Waals surface area (Å²) in [7, 11) is 0. The van der Waals surface area contributed by atoms with E-state index in [1.807, 2.05) is 25.7 Å². The number of imidazole rings is 1. The van der Waals surface area contributed by atoms with Gasteiger partial charge < -0.3 is 19.6 Å². The van der Waals surface area contributed by atoms with Gasteiger partial charge in [-0.3, -0.25) is 4.57 Å². The van der Waals surface area contributed by atoms with Crippen LogP contribution in [0.2, 0.25) is 0 Å². The summed E-state index contributed by atoms with van der Waals surface area (Å²) in [4.78, 5) is 31.2. The highest BCUT2D eigenvalue weighted by molar-refractivity contribution is 5.85. The molecular weight excluding hydrogens is 374 g/mol.